The van der Waals surface area contributed by atoms with Crippen LogP contribution in [0.4, 0.5) is 0 Å². The molecule has 0 aromatic carbocycles. The minimum atomic E-state index is -1.30. The van der Waals surface area contributed by atoms with Crippen LogP contribution in [0.15, 0.2) is 0 Å². The maximum Gasteiger partial charge on any atom is 0.317 e. The number of rotatable bonds is 8. The first-order valence-electron chi connectivity index (χ1n) is 5.67. The van der Waals surface area contributed by atoms with Gasteiger partial charge in [-0.25, -0.2) is 0 Å². The van der Waals surface area contributed by atoms with E-state index in [1.54, 1.807) is 0 Å². The van der Waals surface area contributed by atoms with Crippen LogP contribution < -0.4 is 0 Å². The lowest BCUT2D eigenvalue weighted by molar-refractivity contribution is -0.155. The fourth-order valence-electron chi connectivity index (χ4n) is 1.89. The van der Waals surface area contributed by atoms with E-state index in [1.807, 2.05) is 20.8 Å². The van der Waals surface area contributed by atoms with Gasteiger partial charge in [-0.15, -0.1) is 0 Å². The standard InChI is InChI=1S/C11H21NO4/c1-4-8(12(5-2)6-3)7-9(10(13)14)11(15)16/h8-9H,4-7H2,1-3H3,(H,13,14)(H,15,16). The third-order valence-corrected chi connectivity index (χ3v) is 2.90. The molecule has 1 atom stereocenters. The highest BCUT2D eigenvalue weighted by atomic mass is 16.4. The molecule has 16 heavy (non-hydrogen) atoms. The number of hydrogen-bond acceptors (Lipinski definition) is 3. The molecule has 0 heterocycles. The highest BCUT2D eigenvalue weighted by molar-refractivity contribution is 5.92. The van der Waals surface area contributed by atoms with Crippen LogP contribution in [-0.2, 0) is 9.59 Å². The van der Waals surface area contributed by atoms with E-state index in [0.717, 1.165) is 19.5 Å². The van der Waals surface area contributed by atoms with E-state index in [9.17, 15) is 9.59 Å². The van der Waals surface area contributed by atoms with Gasteiger partial charge in [-0.1, -0.05) is 20.8 Å². The van der Waals surface area contributed by atoms with Gasteiger partial charge < -0.3 is 15.1 Å². The van der Waals surface area contributed by atoms with Gasteiger partial charge in [0.25, 0.3) is 0 Å². The summed E-state index contributed by atoms with van der Waals surface area (Å²) in [6.07, 6.45) is 0.932. The monoisotopic (exact) mass is 231 g/mol. The van der Waals surface area contributed by atoms with Gasteiger partial charge in [0.1, 0.15) is 0 Å². The van der Waals surface area contributed by atoms with Gasteiger partial charge in [0.15, 0.2) is 5.92 Å². The van der Waals surface area contributed by atoms with Crippen LogP contribution in [0.1, 0.15) is 33.6 Å². The zero-order chi connectivity index (χ0) is 12.7. The fourth-order valence-corrected chi connectivity index (χ4v) is 1.89. The lowest BCUT2D eigenvalue weighted by atomic mass is 9.97. The van der Waals surface area contributed by atoms with Crippen LogP contribution in [0.3, 0.4) is 0 Å². The number of nitrogens with zero attached hydrogens (tertiary/aromatic N) is 1. The van der Waals surface area contributed by atoms with Crippen molar-refractivity contribution in [1.82, 2.24) is 4.90 Å². The summed E-state index contributed by atoms with van der Waals surface area (Å²) in [5, 5.41) is 17.6. The molecular weight excluding hydrogens is 210 g/mol. The van der Waals surface area contributed by atoms with Crippen molar-refractivity contribution in [1.29, 1.82) is 0 Å². The topological polar surface area (TPSA) is 77.8 Å². The molecule has 0 fully saturated rings. The quantitative estimate of drug-likeness (QED) is 0.615. The minimum Gasteiger partial charge on any atom is -0.481 e. The molecule has 0 aliphatic heterocycles. The van der Waals surface area contributed by atoms with Gasteiger partial charge in [-0.2, -0.15) is 0 Å². The van der Waals surface area contributed by atoms with Crippen LogP contribution in [-0.4, -0.2) is 46.2 Å². The van der Waals surface area contributed by atoms with Crippen molar-refractivity contribution in [3.63, 3.8) is 0 Å². The lowest BCUT2D eigenvalue weighted by Crippen LogP contribution is -2.39. The molecule has 2 N–H and O–H groups in total. The van der Waals surface area contributed by atoms with E-state index < -0.39 is 17.9 Å². The predicted octanol–water partition coefficient (Wildman–Crippen LogP) is 1.28. The van der Waals surface area contributed by atoms with Crippen molar-refractivity contribution in [2.75, 3.05) is 13.1 Å². The van der Waals surface area contributed by atoms with Crippen molar-refractivity contribution < 1.29 is 19.8 Å². The fraction of sp³-hybridized carbons (Fsp3) is 0.818. The van der Waals surface area contributed by atoms with E-state index in [4.69, 9.17) is 10.2 Å². The summed E-state index contributed by atoms with van der Waals surface area (Å²) in [4.78, 5) is 23.7. The Morgan fingerprint density at radius 1 is 1.06 bits per heavy atom. The zero-order valence-electron chi connectivity index (χ0n) is 10.1. The van der Waals surface area contributed by atoms with Gasteiger partial charge in [-0.05, 0) is 25.9 Å². The predicted molar refractivity (Wildman–Crippen MR) is 60.4 cm³/mol. The summed E-state index contributed by atoms with van der Waals surface area (Å²) in [5.41, 5.74) is 0. The maximum atomic E-state index is 10.8. The average molecular weight is 231 g/mol. The Balaban J connectivity index is 4.60. The summed E-state index contributed by atoms with van der Waals surface area (Å²) < 4.78 is 0. The molecule has 5 nitrogen and oxygen atoms in total. The van der Waals surface area contributed by atoms with E-state index in [1.165, 1.54) is 0 Å². The molecule has 0 aliphatic rings. The summed E-state index contributed by atoms with van der Waals surface area (Å²) in [6, 6.07) is 0.0206. The number of carbonyl (C=O) groups is 2. The van der Waals surface area contributed by atoms with Crippen molar-refractivity contribution in [2.24, 2.45) is 5.92 Å². The highest BCUT2D eigenvalue weighted by Crippen LogP contribution is 2.16. The van der Waals surface area contributed by atoms with Crippen molar-refractivity contribution >= 4 is 11.9 Å². The molecular formula is C11H21NO4. The second-order valence-corrected chi connectivity index (χ2v) is 3.75. The largest absolute Gasteiger partial charge is 0.481 e. The molecule has 0 bridgehead atoms. The first-order chi connectivity index (χ1) is 7.47. The van der Waals surface area contributed by atoms with E-state index in [0.29, 0.717) is 0 Å². The van der Waals surface area contributed by atoms with Crippen LogP contribution in [0.25, 0.3) is 0 Å². The molecule has 0 amide bonds. The highest BCUT2D eigenvalue weighted by Gasteiger charge is 2.30. The maximum absolute atomic E-state index is 10.8. The molecule has 0 saturated heterocycles. The summed E-state index contributed by atoms with van der Waals surface area (Å²) >= 11 is 0. The lowest BCUT2D eigenvalue weighted by Gasteiger charge is -2.29. The number of carboxylic acid groups (broad SMARTS) is 2. The molecule has 0 radical (unpaired) electrons. The minimum absolute atomic E-state index is 0.0206. The molecule has 94 valence electrons. The van der Waals surface area contributed by atoms with Crippen molar-refractivity contribution in [2.45, 2.75) is 39.7 Å². The Hall–Kier alpha value is -1.10. The van der Waals surface area contributed by atoms with E-state index >= 15 is 0 Å². The van der Waals surface area contributed by atoms with Crippen LogP contribution in [0, 0.1) is 5.92 Å². The Labute approximate surface area is 96.1 Å². The summed E-state index contributed by atoms with van der Waals surface area (Å²) in [6.45, 7) is 7.54. The average Bonchev–Trinajstić information content (AvgIpc) is 2.23. The molecule has 0 aromatic rings. The molecule has 0 spiro atoms. The zero-order valence-corrected chi connectivity index (χ0v) is 10.1. The van der Waals surface area contributed by atoms with Crippen LogP contribution in [0.2, 0.25) is 0 Å². The van der Waals surface area contributed by atoms with E-state index in [2.05, 4.69) is 4.90 Å². The third kappa shape index (κ3) is 4.18. The van der Waals surface area contributed by atoms with Crippen LogP contribution >= 0.6 is 0 Å². The number of carboxylic acids is 2. The SMILES string of the molecule is CCC(CC(C(=O)O)C(=O)O)N(CC)CC. The molecule has 0 aromatic heterocycles. The molecule has 0 aliphatic carbocycles. The number of aliphatic carboxylic acids is 2. The van der Waals surface area contributed by atoms with Gasteiger partial charge >= 0.3 is 11.9 Å². The number of hydrogen-bond donors (Lipinski definition) is 2. The first kappa shape index (κ1) is 14.9. The van der Waals surface area contributed by atoms with Gasteiger partial charge in [-0.3, -0.25) is 9.59 Å². The Morgan fingerprint density at radius 3 is 1.75 bits per heavy atom. The Kier molecular flexibility index (Phi) is 6.72. The van der Waals surface area contributed by atoms with Gasteiger partial charge in [0.2, 0.25) is 0 Å². The molecule has 0 rings (SSSR count). The second kappa shape index (κ2) is 7.22. The Morgan fingerprint density at radius 2 is 1.50 bits per heavy atom. The van der Waals surface area contributed by atoms with Crippen molar-refractivity contribution in [3.8, 4) is 0 Å². The first-order valence-corrected chi connectivity index (χ1v) is 5.67. The third-order valence-electron chi connectivity index (χ3n) is 2.90. The summed E-state index contributed by atoms with van der Waals surface area (Å²) in [5.74, 6) is -3.80. The van der Waals surface area contributed by atoms with Gasteiger partial charge in [0, 0.05) is 6.04 Å². The molecule has 1 unspecified atom stereocenters. The van der Waals surface area contributed by atoms with Gasteiger partial charge in [0.05, 0.1) is 0 Å². The Bertz CT molecular complexity index is 224. The smallest absolute Gasteiger partial charge is 0.317 e. The summed E-state index contributed by atoms with van der Waals surface area (Å²) in [7, 11) is 0. The van der Waals surface area contributed by atoms with Crippen LogP contribution in [0.5, 0.6) is 0 Å². The van der Waals surface area contributed by atoms with Crippen molar-refractivity contribution in [3.05, 3.63) is 0 Å². The second-order valence-electron chi connectivity index (χ2n) is 3.75. The normalized spacial score (nSPS) is 13.1. The van der Waals surface area contributed by atoms with E-state index in [-0.39, 0.29) is 12.5 Å². The molecule has 0 saturated carbocycles. The molecule has 5 heteroatoms.